The minimum Gasteiger partial charge on any atom is -0.356 e. The highest BCUT2D eigenvalue weighted by molar-refractivity contribution is 5.87. The van der Waals surface area contributed by atoms with E-state index < -0.39 is 0 Å². The first-order chi connectivity index (χ1) is 9.82. The molecule has 0 amide bonds. The van der Waals surface area contributed by atoms with Crippen LogP contribution in [0.15, 0.2) is 42.5 Å². The lowest BCUT2D eigenvalue weighted by atomic mass is 9.85. The van der Waals surface area contributed by atoms with Gasteiger partial charge in [0.05, 0.1) is 0 Å². The Bertz CT molecular complexity index is 685. The molecule has 1 aliphatic heterocycles. The molecule has 1 heteroatoms. The van der Waals surface area contributed by atoms with Crippen molar-refractivity contribution < 1.29 is 4.74 Å². The lowest BCUT2D eigenvalue weighted by molar-refractivity contribution is 0.316. The number of benzene rings is 2. The van der Waals surface area contributed by atoms with Crippen molar-refractivity contribution in [2.75, 3.05) is 0 Å². The van der Waals surface area contributed by atoms with Gasteiger partial charge in [0.25, 0.3) is 0 Å². The van der Waals surface area contributed by atoms with Gasteiger partial charge in [0.1, 0.15) is 11.7 Å². The summed E-state index contributed by atoms with van der Waals surface area (Å²) in [5.41, 5.74) is 2.73. The van der Waals surface area contributed by atoms with E-state index in [1.807, 2.05) is 0 Å². The van der Waals surface area contributed by atoms with Crippen molar-refractivity contribution in [3.8, 4) is 0 Å². The summed E-state index contributed by atoms with van der Waals surface area (Å²) in [6.45, 7) is 2.25. The molecule has 0 radical (unpaired) electrons. The normalized spacial score (nSPS) is 26.4. The van der Waals surface area contributed by atoms with E-state index in [-0.39, 0.29) is 5.60 Å². The molecular formula is C19H20O. The summed E-state index contributed by atoms with van der Waals surface area (Å²) in [5.74, 6) is 0. The molecule has 2 unspecified atom stereocenters. The fourth-order valence-corrected chi connectivity index (χ4v) is 3.44. The molecule has 0 bridgehead atoms. The maximum Gasteiger partial charge on any atom is 0.118 e. The molecule has 1 heterocycles. The molecule has 102 valence electrons. The molecule has 0 N–H and O–H groups in total. The fourth-order valence-electron chi connectivity index (χ4n) is 3.44. The Morgan fingerprint density at radius 2 is 1.90 bits per heavy atom. The van der Waals surface area contributed by atoms with Gasteiger partial charge in [-0.05, 0) is 46.5 Å². The van der Waals surface area contributed by atoms with Crippen molar-refractivity contribution in [2.45, 2.75) is 44.3 Å². The molecule has 1 nitrogen and oxygen atoms in total. The van der Waals surface area contributed by atoms with E-state index in [4.69, 9.17) is 4.74 Å². The van der Waals surface area contributed by atoms with Gasteiger partial charge in [-0.25, -0.2) is 0 Å². The zero-order valence-electron chi connectivity index (χ0n) is 11.9. The summed E-state index contributed by atoms with van der Waals surface area (Å²) in [7, 11) is 0. The molecule has 0 saturated carbocycles. The topological polar surface area (TPSA) is 12.5 Å². The maximum atomic E-state index is 6.10. The van der Waals surface area contributed by atoms with Gasteiger partial charge in [-0.15, -0.1) is 0 Å². The summed E-state index contributed by atoms with van der Waals surface area (Å²) < 4.78 is 6.10. The monoisotopic (exact) mass is 264 g/mol. The number of epoxide rings is 1. The molecule has 1 aliphatic carbocycles. The van der Waals surface area contributed by atoms with E-state index in [9.17, 15) is 0 Å². The summed E-state index contributed by atoms with van der Waals surface area (Å²) >= 11 is 0. The van der Waals surface area contributed by atoms with Crippen LogP contribution in [0.5, 0.6) is 0 Å². The summed E-state index contributed by atoms with van der Waals surface area (Å²) in [4.78, 5) is 0. The number of unbranched alkanes of at least 4 members (excludes halogenated alkanes) is 2. The standard InChI is InChI=1S/C19H20O/c1-2-3-6-10-19-11-9-16-12-14-7-4-5-8-15(14)13-17(16)18(19)20-19/h4-5,7-9,11-13,18H,2-3,6,10H2,1H3. The molecular weight excluding hydrogens is 244 g/mol. The Kier molecular flexibility index (Phi) is 2.71. The Balaban J connectivity index is 1.68. The first kappa shape index (κ1) is 12.2. The highest BCUT2D eigenvalue weighted by Gasteiger charge is 2.56. The molecule has 0 aromatic heterocycles. The van der Waals surface area contributed by atoms with Gasteiger partial charge in [0.15, 0.2) is 0 Å². The zero-order valence-corrected chi connectivity index (χ0v) is 11.9. The second kappa shape index (κ2) is 4.46. The third-order valence-corrected chi connectivity index (χ3v) is 4.67. The van der Waals surface area contributed by atoms with Crippen LogP contribution in [0.4, 0.5) is 0 Å². The van der Waals surface area contributed by atoms with Crippen molar-refractivity contribution in [3.05, 3.63) is 53.6 Å². The average Bonchev–Trinajstić information content (AvgIpc) is 3.21. The fraction of sp³-hybridized carbons (Fsp3) is 0.368. The van der Waals surface area contributed by atoms with E-state index in [1.54, 1.807) is 0 Å². The van der Waals surface area contributed by atoms with Gasteiger partial charge in [-0.3, -0.25) is 0 Å². The highest BCUT2D eigenvalue weighted by Crippen LogP contribution is 2.57. The van der Waals surface area contributed by atoms with E-state index in [0.29, 0.717) is 6.10 Å². The van der Waals surface area contributed by atoms with Gasteiger partial charge in [0, 0.05) is 0 Å². The van der Waals surface area contributed by atoms with Crippen molar-refractivity contribution in [3.63, 3.8) is 0 Å². The largest absolute Gasteiger partial charge is 0.356 e. The second-order valence-electron chi connectivity index (χ2n) is 6.07. The Morgan fingerprint density at radius 1 is 1.10 bits per heavy atom. The van der Waals surface area contributed by atoms with Crippen LogP contribution in [0.3, 0.4) is 0 Å². The summed E-state index contributed by atoms with van der Waals surface area (Å²) in [6.07, 6.45) is 9.85. The minimum absolute atomic E-state index is 0.0185. The van der Waals surface area contributed by atoms with Crippen LogP contribution < -0.4 is 0 Å². The van der Waals surface area contributed by atoms with E-state index >= 15 is 0 Å². The van der Waals surface area contributed by atoms with Crippen molar-refractivity contribution in [1.82, 2.24) is 0 Å². The number of fused-ring (bicyclic) bond motifs is 4. The van der Waals surface area contributed by atoms with Crippen LogP contribution in [0, 0.1) is 0 Å². The molecule has 2 aliphatic rings. The zero-order chi connectivity index (χ0) is 13.6. The van der Waals surface area contributed by atoms with Crippen LogP contribution in [-0.4, -0.2) is 5.60 Å². The Labute approximate surface area is 120 Å². The summed E-state index contributed by atoms with van der Waals surface area (Å²) in [6, 6.07) is 13.2. The van der Waals surface area contributed by atoms with Gasteiger partial charge in [-0.1, -0.05) is 56.5 Å². The molecule has 2 aromatic rings. The first-order valence-electron chi connectivity index (χ1n) is 7.72. The minimum atomic E-state index is 0.0185. The van der Waals surface area contributed by atoms with Gasteiger partial charge < -0.3 is 4.74 Å². The maximum absolute atomic E-state index is 6.10. The van der Waals surface area contributed by atoms with Gasteiger partial charge >= 0.3 is 0 Å². The lowest BCUT2D eigenvalue weighted by Crippen LogP contribution is -2.12. The molecule has 1 saturated heterocycles. The van der Waals surface area contributed by atoms with Crippen molar-refractivity contribution in [1.29, 1.82) is 0 Å². The third kappa shape index (κ3) is 1.81. The SMILES string of the molecule is CCCCCC12C=Cc3cc4ccccc4cc3C1O2. The summed E-state index contributed by atoms with van der Waals surface area (Å²) in [5, 5.41) is 2.63. The van der Waals surface area contributed by atoms with Crippen LogP contribution in [0.25, 0.3) is 16.8 Å². The molecule has 4 rings (SSSR count). The van der Waals surface area contributed by atoms with E-state index in [1.165, 1.54) is 41.2 Å². The second-order valence-corrected chi connectivity index (χ2v) is 6.07. The molecule has 1 fully saturated rings. The van der Waals surface area contributed by atoms with Crippen molar-refractivity contribution in [2.24, 2.45) is 0 Å². The number of rotatable bonds is 4. The van der Waals surface area contributed by atoms with Gasteiger partial charge in [0.2, 0.25) is 0 Å². The third-order valence-electron chi connectivity index (χ3n) is 4.67. The highest BCUT2D eigenvalue weighted by atomic mass is 16.6. The van der Waals surface area contributed by atoms with E-state index in [0.717, 1.165) is 6.42 Å². The lowest BCUT2D eigenvalue weighted by Gasteiger charge is -2.15. The van der Waals surface area contributed by atoms with Crippen molar-refractivity contribution >= 4 is 16.8 Å². The predicted molar refractivity (Wildman–Crippen MR) is 83.7 cm³/mol. The van der Waals surface area contributed by atoms with Gasteiger partial charge in [-0.2, -0.15) is 0 Å². The number of hydrogen-bond donors (Lipinski definition) is 0. The van der Waals surface area contributed by atoms with E-state index in [2.05, 4.69) is 55.5 Å². The molecule has 2 atom stereocenters. The molecule has 2 aromatic carbocycles. The smallest absolute Gasteiger partial charge is 0.118 e. The van der Waals surface area contributed by atoms with Crippen LogP contribution in [0.2, 0.25) is 0 Å². The average molecular weight is 264 g/mol. The Morgan fingerprint density at radius 3 is 2.70 bits per heavy atom. The number of hydrogen-bond acceptors (Lipinski definition) is 1. The molecule has 20 heavy (non-hydrogen) atoms. The first-order valence-corrected chi connectivity index (χ1v) is 7.72. The van der Waals surface area contributed by atoms with Crippen LogP contribution in [0.1, 0.15) is 49.8 Å². The van der Waals surface area contributed by atoms with Crippen LogP contribution >= 0.6 is 0 Å². The van der Waals surface area contributed by atoms with Crippen LogP contribution in [-0.2, 0) is 4.74 Å². The quantitative estimate of drug-likeness (QED) is 0.542. The number of ether oxygens (including phenoxy) is 1. The Hall–Kier alpha value is -1.60. The predicted octanol–water partition coefficient (Wildman–Crippen LogP) is 5.26. The molecule has 0 spiro atoms.